The molecule has 0 radical (unpaired) electrons. The second-order valence-corrected chi connectivity index (χ2v) is 5.68. The van der Waals surface area contributed by atoms with Crippen LogP contribution < -0.4 is 4.74 Å². The third kappa shape index (κ3) is 2.34. The Labute approximate surface area is 121 Å². The third-order valence-corrected chi connectivity index (χ3v) is 3.90. The van der Waals surface area contributed by atoms with Gasteiger partial charge in [-0.3, -0.25) is 4.79 Å². The molecule has 6 heteroatoms. The Kier molecular flexibility index (Phi) is 3.30. The number of hydrogen-bond acceptors (Lipinski definition) is 4. The number of hydrogen-bond donors (Lipinski definition) is 0. The third-order valence-electron chi connectivity index (χ3n) is 3.90. The zero-order chi connectivity index (χ0) is 15.0. The lowest BCUT2D eigenvalue weighted by Gasteiger charge is -2.39. The van der Waals surface area contributed by atoms with Crippen molar-refractivity contribution in [3.8, 4) is 11.8 Å². The zero-order valence-corrected chi connectivity index (χ0v) is 11.7. The molecule has 2 aliphatic rings. The summed E-state index contributed by atoms with van der Waals surface area (Å²) in [4.78, 5) is 14.1. The van der Waals surface area contributed by atoms with Crippen molar-refractivity contribution in [1.29, 1.82) is 5.26 Å². The number of nitriles is 1. The molecular formula is C15H15FN2O3. The van der Waals surface area contributed by atoms with Crippen LogP contribution in [-0.4, -0.2) is 37.2 Å². The lowest BCUT2D eigenvalue weighted by molar-refractivity contribution is -0.169. The van der Waals surface area contributed by atoms with Gasteiger partial charge in [-0.25, -0.2) is 4.39 Å². The number of nitrogens with zero attached hydrogens (tertiary/aromatic N) is 2. The van der Waals surface area contributed by atoms with E-state index in [1.165, 1.54) is 12.1 Å². The summed E-state index contributed by atoms with van der Waals surface area (Å²) in [5, 5.41) is 8.87. The summed E-state index contributed by atoms with van der Waals surface area (Å²) < 4.78 is 24.8. The molecule has 1 aromatic carbocycles. The topological polar surface area (TPSA) is 62.6 Å². The molecule has 3 rings (SSSR count). The van der Waals surface area contributed by atoms with Crippen LogP contribution in [0.3, 0.4) is 0 Å². The van der Waals surface area contributed by atoms with Gasteiger partial charge in [0.25, 0.3) is 0 Å². The van der Waals surface area contributed by atoms with Gasteiger partial charge in [0.15, 0.2) is 0 Å². The number of carbonyl (C=O) groups is 1. The van der Waals surface area contributed by atoms with Gasteiger partial charge in [-0.1, -0.05) is 0 Å². The van der Waals surface area contributed by atoms with Crippen molar-refractivity contribution in [3.05, 3.63) is 29.1 Å². The summed E-state index contributed by atoms with van der Waals surface area (Å²) >= 11 is 0. The number of carbonyl (C=O) groups excluding carboxylic acids is 1. The number of rotatable bonds is 1. The minimum Gasteiger partial charge on any atom is -0.491 e. The van der Waals surface area contributed by atoms with Crippen LogP contribution in [0, 0.1) is 22.6 Å². The fraction of sp³-hybridized carbons (Fsp3) is 0.467. The number of ether oxygens (including phenoxy) is 2. The smallest absolute Gasteiger partial charge is 0.233 e. The van der Waals surface area contributed by atoms with Crippen molar-refractivity contribution in [1.82, 2.24) is 4.90 Å². The van der Waals surface area contributed by atoms with E-state index in [9.17, 15) is 9.18 Å². The quantitative estimate of drug-likeness (QED) is 0.785. The van der Waals surface area contributed by atoms with Gasteiger partial charge < -0.3 is 14.4 Å². The summed E-state index contributed by atoms with van der Waals surface area (Å²) in [5.74, 6) is -0.218. The highest BCUT2D eigenvalue weighted by Crippen LogP contribution is 2.33. The summed E-state index contributed by atoms with van der Waals surface area (Å²) in [5.41, 5.74) is 0.0159. The van der Waals surface area contributed by atoms with Crippen molar-refractivity contribution in [2.75, 3.05) is 26.4 Å². The molecule has 0 aromatic heterocycles. The van der Waals surface area contributed by atoms with Crippen LogP contribution in [0.15, 0.2) is 12.1 Å². The Bertz CT molecular complexity index is 635. The second-order valence-electron chi connectivity index (χ2n) is 5.68. The molecule has 0 aliphatic carbocycles. The van der Waals surface area contributed by atoms with Gasteiger partial charge in [0.05, 0.1) is 43.4 Å². The first-order valence-electron chi connectivity index (χ1n) is 6.76. The average Bonchev–Trinajstić information content (AvgIpc) is 2.66. The summed E-state index contributed by atoms with van der Waals surface area (Å²) in [6.45, 7) is 3.47. The highest BCUT2D eigenvalue weighted by atomic mass is 19.1. The Hall–Kier alpha value is -2.13. The van der Waals surface area contributed by atoms with E-state index in [0.29, 0.717) is 31.1 Å². The van der Waals surface area contributed by atoms with Crippen molar-refractivity contribution in [3.63, 3.8) is 0 Å². The predicted octanol–water partition coefficient (Wildman–Crippen LogP) is 1.45. The van der Waals surface area contributed by atoms with E-state index in [1.807, 2.05) is 13.0 Å². The molecule has 0 atom stereocenters. The molecule has 0 spiro atoms. The van der Waals surface area contributed by atoms with E-state index >= 15 is 0 Å². The molecule has 110 valence electrons. The van der Waals surface area contributed by atoms with Crippen LogP contribution in [0.4, 0.5) is 4.39 Å². The van der Waals surface area contributed by atoms with Gasteiger partial charge in [-0.2, -0.15) is 5.26 Å². The second kappa shape index (κ2) is 5.01. The van der Waals surface area contributed by atoms with Crippen LogP contribution in [0.1, 0.15) is 18.1 Å². The van der Waals surface area contributed by atoms with Gasteiger partial charge in [0, 0.05) is 5.56 Å². The summed E-state index contributed by atoms with van der Waals surface area (Å²) in [6, 6.07) is 4.58. The SMILES string of the molecule is CC1(C(=O)N2CCOc3cc(C#N)cc(F)c3C2)COC1. The van der Waals surface area contributed by atoms with Gasteiger partial charge in [-0.15, -0.1) is 0 Å². The van der Waals surface area contributed by atoms with Crippen LogP contribution in [0.5, 0.6) is 5.75 Å². The number of fused-ring (bicyclic) bond motifs is 1. The van der Waals surface area contributed by atoms with Crippen molar-refractivity contribution in [2.24, 2.45) is 5.41 Å². The first kappa shape index (κ1) is 13.8. The molecule has 0 bridgehead atoms. The Morgan fingerprint density at radius 1 is 1.48 bits per heavy atom. The first-order valence-corrected chi connectivity index (χ1v) is 6.76. The molecule has 1 fully saturated rings. The molecule has 0 N–H and O–H groups in total. The molecule has 0 saturated carbocycles. The highest BCUT2D eigenvalue weighted by molar-refractivity contribution is 5.83. The minimum absolute atomic E-state index is 0.0473. The lowest BCUT2D eigenvalue weighted by atomic mass is 9.87. The van der Waals surface area contributed by atoms with E-state index in [-0.39, 0.29) is 24.6 Å². The molecule has 2 heterocycles. The first-order chi connectivity index (χ1) is 10.0. The van der Waals surface area contributed by atoms with E-state index < -0.39 is 11.2 Å². The Morgan fingerprint density at radius 2 is 2.24 bits per heavy atom. The summed E-state index contributed by atoms with van der Waals surface area (Å²) in [7, 11) is 0. The van der Waals surface area contributed by atoms with Crippen LogP contribution in [-0.2, 0) is 16.1 Å². The van der Waals surface area contributed by atoms with E-state index in [1.54, 1.807) is 4.90 Å². The number of halogens is 1. The molecule has 21 heavy (non-hydrogen) atoms. The molecule has 1 aromatic rings. The number of benzene rings is 1. The zero-order valence-electron chi connectivity index (χ0n) is 11.7. The maximum atomic E-state index is 14.1. The molecule has 5 nitrogen and oxygen atoms in total. The molecule has 1 amide bonds. The van der Waals surface area contributed by atoms with Gasteiger partial charge in [0.1, 0.15) is 18.2 Å². The maximum Gasteiger partial charge on any atom is 0.233 e. The monoisotopic (exact) mass is 290 g/mol. The van der Waals surface area contributed by atoms with E-state index in [4.69, 9.17) is 14.7 Å². The minimum atomic E-state index is -0.520. The standard InChI is InChI=1S/C15H15FN2O3/c1-15(8-20-9-15)14(19)18-2-3-21-13-5-10(6-17)4-12(16)11(13)7-18/h4-5H,2-3,7-9H2,1H3. The van der Waals surface area contributed by atoms with Gasteiger partial charge in [0.2, 0.25) is 5.91 Å². The fourth-order valence-electron chi connectivity index (χ4n) is 2.58. The van der Waals surface area contributed by atoms with Crippen molar-refractivity contribution < 1.29 is 18.7 Å². The average molecular weight is 290 g/mol. The van der Waals surface area contributed by atoms with Gasteiger partial charge >= 0.3 is 0 Å². The predicted molar refractivity (Wildman–Crippen MR) is 71.0 cm³/mol. The van der Waals surface area contributed by atoms with Crippen LogP contribution in [0.25, 0.3) is 0 Å². The largest absolute Gasteiger partial charge is 0.491 e. The van der Waals surface area contributed by atoms with E-state index in [0.717, 1.165) is 0 Å². The molecule has 0 unspecified atom stereocenters. The Morgan fingerprint density at radius 3 is 2.86 bits per heavy atom. The van der Waals surface area contributed by atoms with Crippen molar-refractivity contribution in [2.45, 2.75) is 13.5 Å². The highest BCUT2D eigenvalue weighted by Gasteiger charge is 2.44. The fourth-order valence-corrected chi connectivity index (χ4v) is 2.58. The van der Waals surface area contributed by atoms with Crippen LogP contribution >= 0.6 is 0 Å². The Balaban J connectivity index is 1.89. The molecular weight excluding hydrogens is 275 g/mol. The normalized spacial score (nSPS) is 19.6. The maximum absolute atomic E-state index is 14.1. The van der Waals surface area contributed by atoms with Gasteiger partial charge in [-0.05, 0) is 19.1 Å². The molecule has 2 aliphatic heterocycles. The van der Waals surface area contributed by atoms with E-state index in [2.05, 4.69) is 0 Å². The lowest BCUT2D eigenvalue weighted by Crippen LogP contribution is -2.53. The van der Waals surface area contributed by atoms with Crippen molar-refractivity contribution >= 4 is 5.91 Å². The molecule has 1 saturated heterocycles. The van der Waals surface area contributed by atoms with Crippen LogP contribution in [0.2, 0.25) is 0 Å². The summed E-state index contributed by atoms with van der Waals surface area (Å²) in [6.07, 6.45) is 0. The number of amides is 1.